The van der Waals surface area contributed by atoms with Crippen molar-refractivity contribution in [2.45, 2.75) is 31.2 Å². The monoisotopic (exact) mass is 332 g/mol. The van der Waals surface area contributed by atoms with Gasteiger partial charge in [-0.15, -0.1) is 0 Å². The van der Waals surface area contributed by atoms with Gasteiger partial charge in [0.2, 0.25) is 17.6 Å². The van der Waals surface area contributed by atoms with Crippen LogP contribution >= 0.6 is 0 Å². The molecule has 6 heteroatoms. The fourth-order valence-electron chi connectivity index (χ4n) is 4.17. The summed E-state index contributed by atoms with van der Waals surface area (Å²) in [5.41, 5.74) is 2.20. The van der Waals surface area contributed by atoms with Gasteiger partial charge in [0.1, 0.15) is 0 Å². The summed E-state index contributed by atoms with van der Waals surface area (Å²) in [6.45, 7) is 0.199. The molecule has 0 radical (unpaired) electrons. The summed E-state index contributed by atoms with van der Waals surface area (Å²) >= 11 is 0. The first-order chi connectivity index (χ1) is 12.2. The van der Waals surface area contributed by atoms with Crippen LogP contribution in [0, 0.1) is 0 Å². The van der Waals surface area contributed by atoms with E-state index in [0.29, 0.717) is 17.9 Å². The number of aryl methyl sites for hydroxylation is 1. The molecule has 124 valence electrons. The molecule has 5 rings (SSSR count). The lowest BCUT2D eigenvalue weighted by Crippen LogP contribution is -2.36. The van der Waals surface area contributed by atoms with Gasteiger partial charge in [-0.3, -0.25) is 18.9 Å². The molecular formula is C19H16N4O2. The highest BCUT2D eigenvalue weighted by Crippen LogP contribution is 2.47. The van der Waals surface area contributed by atoms with E-state index in [1.54, 1.807) is 10.6 Å². The first-order valence-electron chi connectivity index (χ1n) is 8.39. The van der Waals surface area contributed by atoms with Gasteiger partial charge < -0.3 is 0 Å². The summed E-state index contributed by atoms with van der Waals surface area (Å²) in [7, 11) is 0. The number of carbonyl (C=O) groups excluding carboxylic acids is 2. The van der Waals surface area contributed by atoms with Crippen LogP contribution in [0.2, 0.25) is 0 Å². The lowest BCUT2D eigenvalue weighted by Gasteiger charge is -2.22. The van der Waals surface area contributed by atoms with Crippen molar-refractivity contribution in [3.8, 4) is 0 Å². The van der Waals surface area contributed by atoms with Gasteiger partial charge in [-0.2, -0.15) is 0 Å². The van der Waals surface area contributed by atoms with E-state index in [1.807, 2.05) is 36.7 Å². The molecule has 0 saturated carbocycles. The number of amides is 2. The van der Waals surface area contributed by atoms with Crippen molar-refractivity contribution in [3.63, 3.8) is 0 Å². The molecule has 2 aliphatic rings. The number of rotatable bonds is 2. The molecule has 2 aromatic heterocycles. The van der Waals surface area contributed by atoms with Crippen LogP contribution in [0.4, 0.5) is 0 Å². The maximum absolute atomic E-state index is 13.2. The van der Waals surface area contributed by atoms with Crippen molar-refractivity contribution in [2.75, 3.05) is 0 Å². The molecule has 2 amide bonds. The molecular weight excluding hydrogens is 316 g/mol. The van der Waals surface area contributed by atoms with E-state index in [2.05, 4.69) is 16.0 Å². The fraction of sp³-hybridized carbons (Fsp3) is 0.263. The summed E-state index contributed by atoms with van der Waals surface area (Å²) in [6.07, 6.45) is 7.15. The lowest BCUT2D eigenvalue weighted by molar-refractivity contribution is -0.140. The van der Waals surface area contributed by atoms with E-state index < -0.39 is 5.41 Å². The normalized spacial score (nSPS) is 22.3. The molecule has 1 fully saturated rings. The number of fused-ring (bicyclic) bond motifs is 3. The molecule has 1 aromatic carbocycles. The van der Waals surface area contributed by atoms with E-state index in [-0.39, 0.29) is 24.8 Å². The van der Waals surface area contributed by atoms with Gasteiger partial charge in [-0.25, -0.2) is 9.97 Å². The average Bonchev–Trinajstić information content (AvgIpc) is 3.27. The Morgan fingerprint density at radius 3 is 2.92 bits per heavy atom. The summed E-state index contributed by atoms with van der Waals surface area (Å²) < 4.78 is 1.79. The zero-order valence-electron chi connectivity index (χ0n) is 13.6. The van der Waals surface area contributed by atoms with Crippen LogP contribution in [0.1, 0.15) is 29.7 Å². The van der Waals surface area contributed by atoms with E-state index in [4.69, 9.17) is 0 Å². The van der Waals surface area contributed by atoms with E-state index in [9.17, 15) is 9.59 Å². The third-order valence-electron chi connectivity index (χ3n) is 5.37. The van der Waals surface area contributed by atoms with Crippen LogP contribution in [-0.2, 0) is 28.0 Å². The standard InChI is InChI=1S/C19H16N4O2/c24-16-10-19(7-6-13-4-1-2-5-15(13)19)17(25)23(16)12-14-11-22-9-3-8-20-18(22)21-14/h1-5,8-9,11H,6-7,10,12H2/t19-/m1/s1. The Hall–Kier alpha value is -3.02. The Morgan fingerprint density at radius 1 is 1.16 bits per heavy atom. The van der Waals surface area contributed by atoms with Crippen molar-refractivity contribution in [1.29, 1.82) is 0 Å². The predicted molar refractivity (Wildman–Crippen MR) is 89.6 cm³/mol. The molecule has 6 nitrogen and oxygen atoms in total. The molecule has 1 aliphatic heterocycles. The number of benzene rings is 1. The second-order valence-electron chi connectivity index (χ2n) is 6.76. The SMILES string of the molecule is O=C1C[C@@]2(CCc3ccccc32)C(=O)N1Cc1cn2cccnc2n1. The smallest absolute Gasteiger partial charge is 0.240 e. The second kappa shape index (κ2) is 4.99. The zero-order valence-corrected chi connectivity index (χ0v) is 13.6. The van der Waals surface area contributed by atoms with Gasteiger partial charge in [0.25, 0.3) is 0 Å². The maximum atomic E-state index is 13.2. The molecule has 1 saturated heterocycles. The van der Waals surface area contributed by atoms with Crippen LogP contribution in [0.25, 0.3) is 5.78 Å². The average molecular weight is 332 g/mol. The minimum atomic E-state index is -0.676. The zero-order chi connectivity index (χ0) is 17.0. The minimum absolute atomic E-state index is 0.0903. The maximum Gasteiger partial charge on any atom is 0.240 e. The van der Waals surface area contributed by atoms with Crippen LogP contribution in [0.3, 0.4) is 0 Å². The number of hydrogen-bond donors (Lipinski definition) is 0. The lowest BCUT2D eigenvalue weighted by atomic mass is 9.80. The number of imidazole rings is 1. The van der Waals surface area contributed by atoms with Gasteiger partial charge in [-0.1, -0.05) is 24.3 Å². The third kappa shape index (κ3) is 1.97. The van der Waals surface area contributed by atoms with Crippen LogP contribution < -0.4 is 0 Å². The molecule has 0 bridgehead atoms. The summed E-state index contributed by atoms with van der Waals surface area (Å²) in [4.78, 5) is 35.8. The number of imide groups is 1. The second-order valence-corrected chi connectivity index (χ2v) is 6.76. The van der Waals surface area contributed by atoms with E-state index in [1.165, 1.54) is 10.5 Å². The molecule has 3 aromatic rings. The van der Waals surface area contributed by atoms with Crippen molar-refractivity contribution < 1.29 is 9.59 Å². The topological polar surface area (TPSA) is 67.6 Å². The quantitative estimate of drug-likeness (QED) is 0.672. The molecule has 1 aliphatic carbocycles. The number of aromatic nitrogens is 3. The summed E-state index contributed by atoms with van der Waals surface area (Å²) in [5, 5.41) is 0. The molecule has 0 unspecified atom stereocenters. The highest BCUT2D eigenvalue weighted by atomic mass is 16.2. The van der Waals surface area contributed by atoms with Crippen molar-refractivity contribution in [3.05, 3.63) is 65.7 Å². The molecule has 1 spiro atoms. The van der Waals surface area contributed by atoms with Crippen LogP contribution in [0.5, 0.6) is 0 Å². The predicted octanol–water partition coefficient (Wildman–Crippen LogP) is 1.87. The summed E-state index contributed by atoms with van der Waals surface area (Å²) in [6, 6.07) is 9.79. The highest BCUT2D eigenvalue weighted by molar-refractivity contribution is 6.09. The van der Waals surface area contributed by atoms with Gasteiger partial charge >= 0.3 is 0 Å². The van der Waals surface area contributed by atoms with Crippen molar-refractivity contribution >= 4 is 17.6 Å². The Kier molecular flexibility index (Phi) is 2.86. The molecule has 1 atom stereocenters. The van der Waals surface area contributed by atoms with E-state index >= 15 is 0 Å². The Morgan fingerprint density at radius 2 is 2.04 bits per heavy atom. The Balaban J connectivity index is 1.49. The Labute approximate surface area is 144 Å². The molecule has 0 N–H and O–H groups in total. The van der Waals surface area contributed by atoms with Gasteiger partial charge in [0.05, 0.1) is 17.7 Å². The van der Waals surface area contributed by atoms with Crippen LogP contribution in [-0.4, -0.2) is 31.1 Å². The largest absolute Gasteiger partial charge is 0.291 e. The third-order valence-corrected chi connectivity index (χ3v) is 5.37. The number of likely N-dealkylation sites (tertiary alicyclic amines) is 1. The van der Waals surface area contributed by atoms with E-state index in [0.717, 1.165) is 12.0 Å². The summed E-state index contributed by atoms with van der Waals surface area (Å²) in [5.74, 6) is 0.358. The first kappa shape index (κ1) is 14.3. The van der Waals surface area contributed by atoms with Crippen LogP contribution in [0.15, 0.2) is 48.9 Å². The minimum Gasteiger partial charge on any atom is -0.291 e. The van der Waals surface area contributed by atoms with Gasteiger partial charge in [0.15, 0.2) is 0 Å². The van der Waals surface area contributed by atoms with Gasteiger partial charge in [0, 0.05) is 25.0 Å². The number of carbonyl (C=O) groups is 2. The first-order valence-corrected chi connectivity index (χ1v) is 8.39. The number of nitrogens with zero attached hydrogens (tertiary/aromatic N) is 4. The van der Waals surface area contributed by atoms with Gasteiger partial charge in [-0.05, 0) is 30.0 Å². The molecule has 3 heterocycles. The molecule has 25 heavy (non-hydrogen) atoms. The number of hydrogen-bond acceptors (Lipinski definition) is 4. The fourth-order valence-corrected chi connectivity index (χ4v) is 4.17. The Bertz CT molecular complexity index is 992. The van der Waals surface area contributed by atoms with Crippen molar-refractivity contribution in [2.24, 2.45) is 0 Å². The highest BCUT2D eigenvalue weighted by Gasteiger charge is 2.55. The van der Waals surface area contributed by atoms with Crippen molar-refractivity contribution in [1.82, 2.24) is 19.3 Å².